The Morgan fingerprint density at radius 2 is 1.95 bits per heavy atom. The van der Waals surface area contributed by atoms with E-state index >= 15 is 0 Å². The number of aliphatic hydroxyl groups is 1. The van der Waals surface area contributed by atoms with Gasteiger partial charge in [-0.3, -0.25) is 4.79 Å². The van der Waals surface area contributed by atoms with E-state index in [2.05, 4.69) is 13.8 Å². The van der Waals surface area contributed by atoms with Crippen molar-refractivity contribution >= 4 is 5.78 Å². The van der Waals surface area contributed by atoms with Crippen LogP contribution >= 0.6 is 0 Å². The average Bonchev–Trinajstić information content (AvgIpc) is 2.52. The highest BCUT2D eigenvalue weighted by Crippen LogP contribution is 2.50. The normalized spacial score (nSPS) is 20.8. The lowest BCUT2D eigenvalue weighted by Gasteiger charge is -2.21. The van der Waals surface area contributed by atoms with E-state index in [0.717, 1.165) is 22.4 Å². The third kappa shape index (κ3) is 1.79. The minimum absolute atomic E-state index is 0.0319. The molecule has 0 saturated heterocycles. The van der Waals surface area contributed by atoms with Crippen molar-refractivity contribution in [1.29, 1.82) is 0 Å². The van der Waals surface area contributed by atoms with Crippen LogP contribution in [0.1, 0.15) is 66.8 Å². The summed E-state index contributed by atoms with van der Waals surface area (Å²) in [5.74, 6) is 0.991. The second-order valence-corrected chi connectivity index (χ2v) is 6.19. The van der Waals surface area contributed by atoms with Gasteiger partial charge in [0.1, 0.15) is 5.75 Å². The SMILES string of the molecule is COc1cc(C(C)C)c2c(c1C)C(O)C(C)(C)C2=O. The molecule has 0 amide bonds. The number of fused-ring (bicyclic) bond motifs is 1. The fourth-order valence-corrected chi connectivity index (χ4v) is 2.87. The lowest BCUT2D eigenvalue weighted by Crippen LogP contribution is -2.24. The molecule has 1 unspecified atom stereocenters. The number of carbonyl (C=O) groups is 1. The number of ether oxygens (including phenoxy) is 1. The number of hydrogen-bond acceptors (Lipinski definition) is 3. The molecule has 1 atom stereocenters. The minimum Gasteiger partial charge on any atom is -0.496 e. The molecule has 3 heteroatoms. The van der Waals surface area contributed by atoms with E-state index < -0.39 is 11.5 Å². The summed E-state index contributed by atoms with van der Waals surface area (Å²) in [6, 6.07) is 1.94. The molecule has 1 aliphatic rings. The Morgan fingerprint density at radius 3 is 2.42 bits per heavy atom. The molecular weight excluding hydrogens is 240 g/mol. The average molecular weight is 262 g/mol. The number of ketones is 1. The third-order valence-electron chi connectivity index (χ3n) is 4.23. The second kappa shape index (κ2) is 4.34. The smallest absolute Gasteiger partial charge is 0.172 e. The lowest BCUT2D eigenvalue weighted by molar-refractivity contribution is 0.0489. The largest absolute Gasteiger partial charge is 0.496 e. The first-order chi connectivity index (χ1) is 8.73. The molecule has 1 aromatic rings. The summed E-state index contributed by atoms with van der Waals surface area (Å²) in [7, 11) is 1.62. The van der Waals surface area contributed by atoms with Crippen molar-refractivity contribution in [3.8, 4) is 5.75 Å². The zero-order chi connectivity index (χ0) is 14.5. The zero-order valence-corrected chi connectivity index (χ0v) is 12.5. The first-order valence-corrected chi connectivity index (χ1v) is 6.67. The first-order valence-electron chi connectivity index (χ1n) is 6.67. The van der Waals surface area contributed by atoms with E-state index in [0.29, 0.717) is 5.56 Å². The summed E-state index contributed by atoms with van der Waals surface area (Å²) in [5, 5.41) is 10.5. The molecule has 1 aliphatic carbocycles. The van der Waals surface area contributed by atoms with Crippen LogP contribution < -0.4 is 4.74 Å². The van der Waals surface area contributed by atoms with Crippen LogP contribution in [0.5, 0.6) is 5.75 Å². The maximum atomic E-state index is 12.6. The lowest BCUT2D eigenvalue weighted by atomic mass is 9.85. The Balaban J connectivity index is 2.83. The van der Waals surface area contributed by atoms with Crippen LogP contribution in [0.3, 0.4) is 0 Å². The standard InChI is InChI=1S/C16H22O3/c1-8(2)10-7-11(19-6)9(3)12-13(10)15(18)16(4,5)14(12)17/h7-8,14,17H,1-6H3. The van der Waals surface area contributed by atoms with Crippen LogP contribution in [0.2, 0.25) is 0 Å². The van der Waals surface area contributed by atoms with Gasteiger partial charge in [-0.1, -0.05) is 13.8 Å². The van der Waals surface area contributed by atoms with Crippen molar-refractivity contribution in [2.45, 2.75) is 46.6 Å². The molecule has 19 heavy (non-hydrogen) atoms. The minimum atomic E-state index is -0.761. The third-order valence-corrected chi connectivity index (χ3v) is 4.23. The Labute approximate surface area is 114 Å². The van der Waals surface area contributed by atoms with Gasteiger partial charge < -0.3 is 9.84 Å². The van der Waals surface area contributed by atoms with E-state index in [1.165, 1.54) is 0 Å². The summed E-state index contributed by atoms with van der Waals surface area (Å²) in [6.07, 6.45) is -0.761. The molecule has 0 aliphatic heterocycles. The van der Waals surface area contributed by atoms with E-state index in [4.69, 9.17) is 4.74 Å². The van der Waals surface area contributed by atoms with Crippen LogP contribution in [0.4, 0.5) is 0 Å². The monoisotopic (exact) mass is 262 g/mol. The van der Waals surface area contributed by atoms with Crippen molar-refractivity contribution in [3.05, 3.63) is 28.3 Å². The van der Waals surface area contributed by atoms with E-state index in [1.54, 1.807) is 21.0 Å². The molecular formula is C16H22O3. The number of carbonyl (C=O) groups excluding carboxylic acids is 1. The van der Waals surface area contributed by atoms with Gasteiger partial charge in [-0.05, 0) is 49.4 Å². The Hall–Kier alpha value is -1.35. The summed E-state index contributed by atoms with van der Waals surface area (Å²) >= 11 is 0. The summed E-state index contributed by atoms with van der Waals surface area (Å²) in [4.78, 5) is 12.6. The molecule has 1 N–H and O–H groups in total. The highest BCUT2D eigenvalue weighted by Gasteiger charge is 2.48. The van der Waals surface area contributed by atoms with Crippen molar-refractivity contribution in [1.82, 2.24) is 0 Å². The molecule has 0 saturated carbocycles. The van der Waals surface area contributed by atoms with Gasteiger partial charge in [0.25, 0.3) is 0 Å². The highest BCUT2D eigenvalue weighted by atomic mass is 16.5. The fourth-order valence-electron chi connectivity index (χ4n) is 2.87. The quantitative estimate of drug-likeness (QED) is 0.888. The molecule has 1 aromatic carbocycles. The van der Waals surface area contributed by atoms with Crippen molar-refractivity contribution in [2.24, 2.45) is 5.41 Å². The molecule has 0 radical (unpaired) electrons. The predicted molar refractivity (Wildman–Crippen MR) is 74.9 cm³/mol. The highest BCUT2D eigenvalue weighted by molar-refractivity contribution is 6.07. The maximum Gasteiger partial charge on any atom is 0.172 e. The molecule has 0 heterocycles. The Bertz CT molecular complexity index is 541. The molecule has 0 bridgehead atoms. The molecule has 0 spiro atoms. The van der Waals surface area contributed by atoms with Crippen LogP contribution in [-0.4, -0.2) is 18.0 Å². The van der Waals surface area contributed by atoms with Crippen LogP contribution in [0.15, 0.2) is 6.07 Å². The van der Waals surface area contributed by atoms with Gasteiger partial charge in [0.15, 0.2) is 5.78 Å². The second-order valence-electron chi connectivity index (χ2n) is 6.19. The van der Waals surface area contributed by atoms with E-state index in [9.17, 15) is 9.90 Å². The Morgan fingerprint density at radius 1 is 1.37 bits per heavy atom. The first kappa shape index (κ1) is 14.1. The van der Waals surface area contributed by atoms with Gasteiger partial charge in [-0.25, -0.2) is 0 Å². The number of hydrogen-bond donors (Lipinski definition) is 1. The fraction of sp³-hybridized carbons (Fsp3) is 0.562. The summed E-state index contributed by atoms with van der Waals surface area (Å²) in [5.41, 5.74) is 2.52. The molecule has 0 aromatic heterocycles. The number of benzene rings is 1. The zero-order valence-electron chi connectivity index (χ0n) is 12.5. The number of aliphatic hydroxyl groups excluding tert-OH is 1. The van der Waals surface area contributed by atoms with Gasteiger partial charge in [0.2, 0.25) is 0 Å². The summed E-state index contributed by atoms with van der Waals surface area (Å²) < 4.78 is 5.39. The van der Waals surface area contributed by atoms with E-state index in [1.807, 2.05) is 13.0 Å². The molecule has 104 valence electrons. The Kier molecular flexibility index (Phi) is 3.21. The van der Waals surface area contributed by atoms with Crippen molar-refractivity contribution < 1.29 is 14.6 Å². The van der Waals surface area contributed by atoms with Crippen LogP contribution in [-0.2, 0) is 0 Å². The molecule has 0 fully saturated rings. The number of methoxy groups -OCH3 is 1. The molecule has 2 rings (SSSR count). The topological polar surface area (TPSA) is 46.5 Å². The predicted octanol–water partition coefficient (Wildman–Crippen LogP) is 3.38. The van der Waals surface area contributed by atoms with Gasteiger partial charge in [0, 0.05) is 5.56 Å². The van der Waals surface area contributed by atoms with E-state index in [-0.39, 0.29) is 11.7 Å². The molecule has 3 nitrogen and oxygen atoms in total. The van der Waals surface area contributed by atoms with Crippen molar-refractivity contribution in [2.75, 3.05) is 7.11 Å². The number of rotatable bonds is 2. The van der Waals surface area contributed by atoms with Crippen molar-refractivity contribution in [3.63, 3.8) is 0 Å². The van der Waals surface area contributed by atoms with Gasteiger partial charge in [-0.15, -0.1) is 0 Å². The number of Topliss-reactive ketones (excluding diaryl/α,β-unsaturated/α-hetero) is 1. The van der Waals surface area contributed by atoms with Gasteiger partial charge >= 0.3 is 0 Å². The van der Waals surface area contributed by atoms with Crippen LogP contribution in [0.25, 0.3) is 0 Å². The van der Waals surface area contributed by atoms with Gasteiger partial charge in [0.05, 0.1) is 18.6 Å². The summed E-state index contributed by atoms with van der Waals surface area (Å²) in [6.45, 7) is 9.61. The van der Waals surface area contributed by atoms with Crippen LogP contribution in [0, 0.1) is 12.3 Å². The van der Waals surface area contributed by atoms with Gasteiger partial charge in [-0.2, -0.15) is 0 Å². The maximum absolute atomic E-state index is 12.6.